The van der Waals surface area contributed by atoms with E-state index in [-0.39, 0.29) is 36.1 Å². The average molecular weight is 331 g/mol. The van der Waals surface area contributed by atoms with Crippen LogP contribution in [0.25, 0.3) is 0 Å². The van der Waals surface area contributed by atoms with Gasteiger partial charge in [0.1, 0.15) is 11.6 Å². The van der Waals surface area contributed by atoms with Crippen LogP contribution in [0, 0.1) is 5.82 Å². The van der Waals surface area contributed by atoms with Crippen LogP contribution in [-0.4, -0.2) is 24.0 Å². The fourth-order valence-corrected chi connectivity index (χ4v) is 3.30. The van der Waals surface area contributed by atoms with Gasteiger partial charge in [-0.2, -0.15) is 13.2 Å². The monoisotopic (exact) mass is 331 g/mol. The van der Waals surface area contributed by atoms with Crippen LogP contribution in [0.1, 0.15) is 36.8 Å². The van der Waals surface area contributed by atoms with Gasteiger partial charge in [0, 0.05) is 30.5 Å². The van der Waals surface area contributed by atoms with Crippen molar-refractivity contribution in [2.75, 3.05) is 0 Å². The van der Waals surface area contributed by atoms with Crippen molar-refractivity contribution in [2.45, 2.75) is 56.7 Å². The molecule has 3 rings (SSSR count). The molecule has 2 heterocycles. The minimum Gasteiger partial charge on any atom is -0.373 e. The number of hydrogen-bond acceptors (Lipinski definition) is 3. The molecule has 2 fully saturated rings. The number of rotatable bonds is 3. The maximum absolute atomic E-state index is 13.8. The third-order valence-electron chi connectivity index (χ3n) is 4.37. The molecule has 2 aliphatic heterocycles. The van der Waals surface area contributed by atoms with Crippen LogP contribution >= 0.6 is 0 Å². The Labute approximate surface area is 131 Å². The predicted octanol–water partition coefficient (Wildman–Crippen LogP) is 3.21. The lowest BCUT2D eigenvalue weighted by atomic mass is 9.84. The lowest BCUT2D eigenvalue weighted by molar-refractivity contribution is -0.137. The Morgan fingerprint density at radius 2 is 1.83 bits per heavy atom. The molecule has 0 radical (unpaired) electrons. The Morgan fingerprint density at radius 1 is 1.17 bits per heavy atom. The zero-order chi connectivity index (χ0) is 16.6. The number of hydrogen-bond donors (Lipinski definition) is 1. The summed E-state index contributed by atoms with van der Waals surface area (Å²) in [4.78, 5) is 11.5. The molecular weight excluding hydrogens is 314 g/mol. The number of carbonyl (C=O) groups is 1. The number of carbonyl (C=O) groups excluding carboxylic acids is 1. The number of fused-ring (bicyclic) bond motifs is 2. The summed E-state index contributed by atoms with van der Waals surface area (Å²) in [6.07, 6.45) is -2.40. The molecular formula is C16H17F4NO2. The van der Waals surface area contributed by atoms with Gasteiger partial charge in [-0.1, -0.05) is 6.07 Å². The molecule has 0 saturated carbocycles. The molecule has 2 aliphatic rings. The molecule has 1 aromatic carbocycles. The van der Waals surface area contributed by atoms with Crippen molar-refractivity contribution in [1.82, 2.24) is 5.32 Å². The van der Waals surface area contributed by atoms with E-state index in [0.29, 0.717) is 31.7 Å². The van der Waals surface area contributed by atoms with Crippen LogP contribution < -0.4 is 5.32 Å². The van der Waals surface area contributed by atoms with Crippen LogP contribution in [0.15, 0.2) is 18.2 Å². The van der Waals surface area contributed by atoms with Crippen molar-refractivity contribution in [2.24, 2.45) is 0 Å². The molecule has 3 nitrogen and oxygen atoms in total. The van der Waals surface area contributed by atoms with Crippen molar-refractivity contribution in [3.63, 3.8) is 0 Å². The van der Waals surface area contributed by atoms with Crippen molar-refractivity contribution < 1.29 is 27.1 Å². The Hall–Kier alpha value is -1.47. The van der Waals surface area contributed by atoms with Gasteiger partial charge in [0.2, 0.25) is 0 Å². The Morgan fingerprint density at radius 3 is 2.39 bits per heavy atom. The highest BCUT2D eigenvalue weighted by Gasteiger charge is 2.35. The lowest BCUT2D eigenvalue weighted by Crippen LogP contribution is -2.53. The first-order valence-corrected chi connectivity index (χ1v) is 7.56. The molecule has 2 bridgehead atoms. The van der Waals surface area contributed by atoms with E-state index in [4.69, 9.17) is 4.74 Å². The second-order valence-corrected chi connectivity index (χ2v) is 6.22. The van der Waals surface area contributed by atoms with E-state index in [9.17, 15) is 22.4 Å². The fraction of sp³-hybridized carbons (Fsp3) is 0.562. The number of ether oxygens (including phenoxy) is 1. The zero-order valence-corrected chi connectivity index (χ0v) is 12.3. The SMILES string of the molecule is O=C1C[C@@H]2CC(OCc3ccc(C(F)(F)F)cc3F)C[C@H](C1)N2. The van der Waals surface area contributed by atoms with Crippen LogP contribution in [0.3, 0.4) is 0 Å². The van der Waals surface area contributed by atoms with Gasteiger partial charge in [0.05, 0.1) is 18.3 Å². The molecule has 0 aliphatic carbocycles. The van der Waals surface area contributed by atoms with Gasteiger partial charge in [-0.25, -0.2) is 4.39 Å². The summed E-state index contributed by atoms with van der Waals surface area (Å²) < 4.78 is 57.0. The van der Waals surface area contributed by atoms with Crippen molar-refractivity contribution in [1.29, 1.82) is 0 Å². The van der Waals surface area contributed by atoms with Gasteiger partial charge in [-0.05, 0) is 25.0 Å². The lowest BCUT2D eigenvalue weighted by Gasteiger charge is -2.39. The molecule has 0 amide bonds. The van der Waals surface area contributed by atoms with E-state index < -0.39 is 17.6 Å². The summed E-state index contributed by atoms with van der Waals surface area (Å²) in [6.45, 7) is -0.0674. The second-order valence-electron chi connectivity index (χ2n) is 6.22. The third-order valence-corrected chi connectivity index (χ3v) is 4.37. The van der Waals surface area contributed by atoms with Gasteiger partial charge >= 0.3 is 6.18 Å². The first kappa shape index (κ1) is 16.4. The molecule has 23 heavy (non-hydrogen) atoms. The third kappa shape index (κ3) is 3.90. The fourth-order valence-electron chi connectivity index (χ4n) is 3.30. The van der Waals surface area contributed by atoms with E-state index in [1.165, 1.54) is 0 Å². The summed E-state index contributed by atoms with van der Waals surface area (Å²) in [7, 11) is 0. The van der Waals surface area contributed by atoms with E-state index in [1.807, 2.05) is 0 Å². The van der Waals surface area contributed by atoms with Crippen LogP contribution in [-0.2, 0) is 22.3 Å². The second kappa shape index (κ2) is 6.20. The molecule has 7 heteroatoms. The maximum atomic E-state index is 13.8. The van der Waals surface area contributed by atoms with Gasteiger partial charge in [-0.15, -0.1) is 0 Å². The average Bonchev–Trinajstić information content (AvgIpc) is 2.43. The summed E-state index contributed by atoms with van der Waals surface area (Å²) in [5.41, 5.74) is -0.897. The van der Waals surface area contributed by atoms with E-state index in [1.54, 1.807) is 0 Å². The quantitative estimate of drug-likeness (QED) is 0.865. The minimum atomic E-state index is -4.56. The molecule has 126 valence electrons. The normalized spacial score (nSPS) is 28.0. The largest absolute Gasteiger partial charge is 0.416 e. The topological polar surface area (TPSA) is 38.3 Å². The van der Waals surface area contributed by atoms with Crippen molar-refractivity contribution >= 4 is 5.78 Å². The van der Waals surface area contributed by atoms with Gasteiger partial charge < -0.3 is 10.1 Å². The van der Waals surface area contributed by atoms with Crippen LogP contribution in [0.5, 0.6) is 0 Å². The first-order valence-electron chi connectivity index (χ1n) is 7.56. The number of alkyl halides is 3. The number of piperidine rings is 2. The van der Waals surface area contributed by atoms with E-state index >= 15 is 0 Å². The van der Waals surface area contributed by atoms with Crippen LogP contribution in [0.2, 0.25) is 0 Å². The standard InChI is InChI=1S/C16H17F4NO2/c17-15-3-10(16(18,19)20)2-1-9(15)8-23-14-6-11-4-13(22)5-12(7-14)21-11/h1-3,11-12,14,21H,4-8H2/t11-,12+,14?. The van der Waals surface area contributed by atoms with Crippen molar-refractivity contribution in [3.8, 4) is 0 Å². The Bertz CT molecular complexity index is 586. The molecule has 1 N–H and O–H groups in total. The Kier molecular flexibility index (Phi) is 4.42. The minimum absolute atomic E-state index is 0.0674. The predicted molar refractivity (Wildman–Crippen MR) is 74.2 cm³/mol. The first-order chi connectivity index (χ1) is 10.8. The molecule has 0 spiro atoms. The van der Waals surface area contributed by atoms with Crippen LogP contribution in [0.4, 0.5) is 17.6 Å². The number of benzene rings is 1. The van der Waals surface area contributed by atoms with E-state index in [2.05, 4.69) is 5.32 Å². The summed E-state index contributed by atoms with van der Waals surface area (Å²) in [6, 6.07) is 2.63. The van der Waals surface area contributed by atoms with Crippen molar-refractivity contribution in [3.05, 3.63) is 35.1 Å². The number of nitrogens with one attached hydrogen (secondary N) is 1. The molecule has 1 unspecified atom stereocenters. The summed E-state index contributed by atoms with van der Waals surface area (Å²) in [5.74, 6) is -0.671. The summed E-state index contributed by atoms with van der Waals surface area (Å²) >= 11 is 0. The molecule has 1 aromatic rings. The number of ketones is 1. The number of halogens is 4. The van der Waals surface area contributed by atoms with Gasteiger partial charge in [0.25, 0.3) is 0 Å². The smallest absolute Gasteiger partial charge is 0.373 e. The highest BCUT2D eigenvalue weighted by Crippen LogP contribution is 2.31. The maximum Gasteiger partial charge on any atom is 0.416 e. The molecule has 3 atom stereocenters. The van der Waals surface area contributed by atoms with Gasteiger partial charge in [-0.3, -0.25) is 4.79 Å². The summed E-state index contributed by atoms with van der Waals surface area (Å²) in [5, 5.41) is 3.35. The zero-order valence-electron chi connectivity index (χ0n) is 12.3. The number of Topliss-reactive ketones (excluding diaryl/α,β-unsaturated/α-hetero) is 1. The Balaban J connectivity index is 1.60. The highest BCUT2D eigenvalue weighted by atomic mass is 19.4. The molecule has 2 saturated heterocycles. The molecule has 0 aromatic heterocycles. The highest BCUT2D eigenvalue weighted by molar-refractivity contribution is 5.80. The van der Waals surface area contributed by atoms with Gasteiger partial charge in [0.15, 0.2) is 0 Å². The van der Waals surface area contributed by atoms with E-state index in [0.717, 1.165) is 12.1 Å².